The molecular formula is C20H31Cl2NTi. The summed E-state index contributed by atoms with van der Waals surface area (Å²) in [6, 6.07) is 9.05. The minimum atomic E-state index is -0.0743. The van der Waals surface area contributed by atoms with Crippen molar-refractivity contribution >= 4 is 30.4 Å². The maximum atomic E-state index is 3.69. The van der Waals surface area contributed by atoms with Crippen LogP contribution >= 0.6 is 24.8 Å². The second-order valence-electron chi connectivity index (χ2n) is 6.36. The monoisotopic (exact) mass is 403 g/mol. The molecule has 0 heterocycles. The van der Waals surface area contributed by atoms with E-state index in [0.29, 0.717) is 5.92 Å². The molecule has 134 valence electrons. The van der Waals surface area contributed by atoms with E-state index in [4.69, 9.17) is 0 Å². The second kappa shape index (κ2) is 11.5. The average molecular weight is 404 g/mol. The Morgan fingerprint density at radius 2 is 1.71 bits per heavy atom. The molecule has 0 saturated heterocycles. The molecule has 1 nitrogen and oxygen atoms in total. The van der Waals surface area contributed by atoms with Gasteiger partial charge in [-0.25, -0.2) is 0 Å². The second-order valence-corrected chi connectivity index (χ2v) is 8.02. The first-order valence-electron chi connectivity index (χ1n) is 8.50. The van der Waals surface area contributed by atoms with E-state index in [2.05, 4.69) is 62.7 Å². The Morgan fingerprint density at radius 1 is 1.04 bits per heavy atom. The van der Waals surface area contributed by atoms with Gasteiger partial charge in [-0.1, -0.05) is 0 Å². The standard InChI is InChI=1S/C16H19.C4H10N.2ClH.Ti/c1-10-8-6-7-9-15(10)16-13(4)11(2)12(3)14(16)5;1-2-3-4-5;;;/h6-9,13H,1H2,2-5H3;5H,2-4H2,1H3;2*1H;/q;-1;;;+1. The molecular weight excluding hydrogens is 373 g/mol. The molecule has 4 heteroatoms. The van der Waals surface area contributed by atoms with Crippen molar-refractivity contribution < 1.29 is 19.4 Å². The minimum Gasteiger partial charge on any atom is -0.147 e. The predicted molar refractivity (Wildman–Crippen MR) is 108 cm³/mol. The van der Waals surface area contributed by atoms with Gasteiger partial charge in [0.25, 0.3) is 0 Å². The minimum absolute atomic E-state index is 0. The van der Waals surface area contributed by atoms with Crippen LogP contribution in [-0.2, 0) is 24.1 Å². The van der Waals surface area contributed by atoms with Crippen LogP contribution in [0.25, 0.3) is 5.57 Å². The van der Waals surface area contributed by atoms with Gasteiger partial charge in [0.1, 0.15) is 0 Å². The molecule has 0 amide bonds. The van der Waals surface area contributed by atoms with Gasteiger partial charge in [0.2, 0.25) is 0 Å². The molecule has 1 aromatic rings. The summed E-state index contributed by atoms with van der Waals surface area (Å²) in [5.74, 6) is 0.564. The normalized spacial score (nSPS) is 16.8. The summed E-state index contributed by atoms with van der Waals surface area (Å²) in [6.45, 7) is 12.7. The first kappa shape index (κ1) is 24.0. The van der Waals surface area contributed by atoms with Crippen LogP contribution in [-0.4, -0.2) is 6.54 Å². The van der Waals surface area contributed by atoms with E-state index >= 15 is 0 Å². The summed E-state index contributed by atoms with van der Waals surface area (Å²) in [4.78, 5) is 0. The Labute approximate surface area is 169 Å². The van der Waals surface area contributed by atoms with Gasteiger partial charge in [-0.3, -0.25) is 0 Å². The molecule has 0 fully saturated rings. The maximum Gasteiger partial charge on any atom is -0.147 e. The molecule has 0 radical (unpaired) electrons. The molecule has 0 spiro atoms. The van der Waals surface area contributed by atoms with E-state index in [9.17, 15) is 0 Å². The molecule has 1 aromatic carbocycles. The molecule has 1 aliphatic carbocycles. The summed E-state index contributed by atoms with van der Waals surface area (Å²) in [6.07, 6.45) is 2.58. The first-order valence-corrected chi connectivity index (χ1v) is 10.4. The van der Waals surface area contributed by atoms with E-state index < -0.39 is 0 Å². The van der Waals surface area contributed by atoms with Crippen molar-refractivity contribution in [1.82, 2.24) is 3.80 Å². The van der Waals surface area contributed by atoms with Gasteiger partial charge in [0.05, 0.1) is 0 Å². The van der Waals surface area contributed by atoms with Crippen molar-refractivity contribution in [2.45, 2.75) is 52.2 Å². The van der Waals surface area contributed by atoms with E-state index in [1.54, 1.807) is 11.1 Å². The fourth-order valence-electron chi connectivity index (χ4n) is 3.25. The van der Waals surface area contributed by atoms with Crippen LogP contribution in [0.15, 0.2) is 41.0 Å². The smallest absolute Gasteiger partial charge is 0.147 e. The van der Waals surface area contributed by atoms with Crippen LogP contribution in [0.5, 0.6) is 0 Å². The molecule has 1 unspecified atom stereocenters. The number of rotatable bonds is 7. The third kappa shape index (κ3) is 5.48. The van der Waals surface area contributed by atoms with Crippen molar-refractivity contribution in [2.75, 3.05) is 6.54 Å². The molecule has 0 saturated carbocycles. The predicted octanol–water partition coefficient (Wildman–Crippen LogP) is 6.18. The molecule has 0 aliphatic heterocycles. The van der Waals surface area contributed by atoms with Crippen LogP contribution in [0.3, 0.4) is 0 Å². The Bertz CT molecular complexity index is 593. The zero-order valence-corrected chi connectivity index (χ0v) is 18.7. The van der Waals surface area contributed by atoms with Crippen molar-refractivity contribution in [3.8, 4) is 0 Å². The number of unbranched alkanes of at least 4 members (excludes halogenated alkanes) is 1. The average Bonchev–Trinajstić information content (AvgIpc) is 2.71. The van der Waals surface area contributed by atoms with Crippen molar-refractivity contribution in [3.63, 3.8) is 0 Å². The number of hydrogen-bond donors (Lipinski definition) is 1. The van der Waals surface area contributed by atoms with E-state index in [0.717, 1.165) is 0 Å². The number of benzene rings is 1. The molecule has 1 atom stereocenters. The zero-order valence-electron chi connectivity index (χ0n) is 15.5. The van der Waals surface area contributed by atoms with Gasteiger partial charge < -0.3 is 0 Å². The van der Waals surface area contributed by atoms with Gasteiger partial charge in [-0.05, 0) is 0 Å². The Hall–Kier alpha value is -0.0457. The fraction of sp³-hybridized carbons (Fsp3) is 0.500. The van der Waals surface area contributed by atoms with E-state index in [-0.39, 0.29) is 44.2 Å². The summed E-state index contributed by atoms with van der Waals surface area (Å²) in [5, 5.41) is 0. The van der Waals surface area contributed by atoms with Crippen LogP contribution in [0.2, 0.25) is 0 Å². The maximum absolute atomic E-state index is 3.69. The van der Waals surface area contributed by atoms with Gasteiger partial charge in [-0.15, -0.1) is 24.8 Å². The molecule has 2 rings (SSSR count). The number of allylic oxidation sites excluding steroid dienone is 4. The van der Waals surface area contributed by atoms with Crippen LogP contribution in [0.1, 0.15) is 58.6 Å². The number of hydrogen-bond acceptors (Lipinski definition) is 1. The van der Waals surface area contributed by atoms with Gasteiger partial charge in [0, 0.05) is 0 Å². The largest absolute Gasteiger partial charge is 0.147 e. The van der Waals surface area contributed by atoms with Gasteiger partial charge in [-0.2, -0.15) is 0 Å². The molecule has 1 N–H and O–H groups in total. The third-order valence-electron chi connectivity index (χ3n) is 5.01. The quantitative estimate of drug-likeness (QED) is 0.423. The van der Waals surface area contributed by atoms with Crippen molar-refractivity contribution in [2.24, 2.45) is 5.92 Å². The Kier molecular flexibility index (Phi) is 11.5. The van der Waals surface area contributed by atoms with Gasteiger partial charge >= 0.3 is 146 Å². The topological polar surface area (TPSA) is 12.0 Å². The number of nitrogens with one attached hydrogen (secondary N) is 1. The van der Waals surface area contributed by atoms with Crippen LogP contribution in [0, 0.1) is 5.92 Å². The third-order valence-corrected chi connectivity index (χ3v) is 6.66. The van der Waals surface area contributed by atoms with Crippen molar-refractivity contribution in [1.29, 1.82) is 0 Å². The molecule has 24 heavy (non-hydrogen) atoms. The molecule has 0 bridgehead atoms. The van der Waals surface area contributed by atoms with Crippen LogP contribution < -0.4 is 3.80 Å². The molecule has 1 aliphatic rings. The van der Waals surface area contributed by atoms with E-state index in [1.165, 1.54) is 46.4 Å². The number of halogens is 2. The first-order chi connectivity index (χ1) is 10.6. The fourth-order valence-corrected chi connectivity index (χ4v) is 4.77. The molecule has 0 aromatic heterocycles. The summed E-state index contributed by atoms with van der Waals surface area (Å²) in [5.41, 5.74) is 9.12. The Morgan fingerprint density at radius 3 is 2.29 bits per heavy atom. The summed E-state index contributed by atoms with van der Waals surface area (Å²) < 4.78 is 4.93. The Balaban J connectivity index is 0.00000264. The summed E-state index contributed by atoms with van der Waals surface area (Å²) >= 11 is -0.0743. The van der Waals surface area contributed by atoms with E-state index in [1.807, 2.05) is 0 Å². The van der Waals surface area contributed by atoms with Crippen molar-refractivity contribution in [3.05, 3.63) is 52.1 Å². The zero-order chi connectivity index (χ0) is 16.1. The summed E-state index contributed by atoms with van der Waals surface area (Å²) in [7, 11) is 0. The van der Waals surface area contributed by atoms with Crippen LogP contribution in [0.4, 0.5) is 0 Å². The SMILES string of the molecule is CCCC[NH][Ti][CH2]c1ccccc1C1=C(C)C(C)=C(C)C1C.Cl.Cl. The van der Waals surface area contributed by atoms with Gasteiger partial charge in [0.15, 0.2) is 0 Å².